The number of nitrogens with zero attached hydrogens (tertiary/aromatic N) is 2. The average Bonchev–Trinajstić information content (AvgIpc) is 2.78. The van der Waals surface area contributed by atoms with Gasteiger partial charge in [-0.1, -0.05) is 23.7 Å². The molecule has 0 fully saturated rings. The van der Waals surface area contributed by atoms with Gasteiger partial charge in [-0.15, -0.1) is 0 Å². The van der Waals surface area contributed by atoms with E-state index in [4.69, 9.17) is 21.1 Å². The molecule has 3 rings (SSSR count). The summed E-state index contributed by atoms with van der Waals surface area (Å²) >= 11 is 5.99. The summed E-state index contributed by atoms with van der Waals surface area (Å²) in [5, 5.41) is 3.61. The summed E-state index contributed by atoms with van der Waals surface area (Å²) < 4.78 is 26.6. The zero-order valence-corrected chi connectivity index (χ0v) is 20.1. The quantitative estimate of drug-likeness (QED) is 0.420. The maximum absolute atomic E-state index is 14.5. The Kier molecular flexibility index (Phi) is 8.79. The number of methoxy groups -OCH3 is 1. The average molecular weight is 488 g/mol. The molecule has 0 bridgehead atoms. The number of benzene rings is 2. The fraction of sp³-hybridized carbons (Fsp3) is 0.320. The number of hydrogen-bond donors (Lipinski definition) is 1. The molecule has 0 atom stereocenters. The first-order valence-electron chi connectivity index (χ1n) is 10.8. The molecule has 0 spiro atoms. The Balaban J connectivity index is 1.93. The highest BCUT2D eigenvalue weighted by atomic mass is 35.5. The van der Waals surface area contributed by atoms with Crippen LogP contribution in [0, 0.1) is 5.82 Å². The van der Waals surface area contributed by atoms with Gasteiger partial charge in [-0.3, -0.25) is 9.59 Å². The number of ether oxygens (including phenoxy) is 2. The molecule has 0 amide bonds. The van der Waals surface area contributed by atoms with Crippen LogP contribution in [0.3, 0.4) is 0 Å². The zero-order valence-electron chi connectivity index (χ0n) is 19.3. The molecule has 0 saturated heterocycles. The van der Waals surface area contributed by atoms with Gasteiger partial charge in [0.1, 0.15) is 5.78 Å². The Hall–Kier alpha value is -3.23. The number of carbonyl (C=O) groups is 1. The monoisotopic (exact) mass is 487 g/mol. The van der Waals surface area contributed by atoms with Gasteiger partial charge in [-0.05, 0) is 43.7 Å². The summed E-state index contributed by atoms with van der Waals surface area (Å²) in [5.74, 6) is -0.310. The SMILES string of the molecule is COCCC(=O)Cc1cn(Cc2ccc(Cl)cc2)c(Nc2ccc(OC(C)C)c(F)c2)nc1=O. The summed E-state index contributed by atoms with van der Waals surface area (Å²) in [6.07, 6.45) is 1.59. The van der Waals surface area contributed by atoms with E-state index in [1.807, 2.05) is 26.0 Å². The van der Waals surface area contributed by atoms with Crippen LogP contribution in [0.15, 0.2) is 53.5 Å². The van der Waals surface area contributed by atoms with Gasteiger partial charge < -0.3 is 19.4 Å². The molecule has 0 aliphatic rings. The van der Waals surface area contributed by atoms with E-state index in [9.17, 15) is 14.0 Å². The summed E-state index contributed by atoms with van der Waals surface area (Å²) in [6.45, 7) is 4.26. The number of Topliss-reactive ketones (excluding diaryl/α,β-unsaturated/α-hetero) is 1. The number of nitrogens with one attached hydrogen (secondary N) is 1. The normalized spacial score (nSPS) is 11.0. The lowest BCUT2D eigenvalue weighted by molar-refractivity contribution is -0.119. The minimum absolute atomic E-state index is 0.0496. The lowest BCUT2D eigenvalue weighted by Crippen LogP contribution is -2.23. The van der Waals surface area contributed by atoms with Crippen LogP contribution < -0.4 is 15.6 Å². The van der Waals surface area contributed by atoms with Crippen LogP contribution in [0.1, 0.15) is 31.4 Å². The van der Waals surface area contributed by atoms with E-state index in [-0.39, 0.29) is 48.6 Å². The molecule has 180 valence electrons. The van der Waals surface area contributed by atoms with E-state index in [1.165, 1.54) is 19.2 Å². The zero-order chi connectivity index (χ0) is 24.7. The molecule has 3 aromatic rings. The Morgan fingerprint density at radius 2 is 1.94 bits per heavy atom. The standard InChI is InChI=1S/C25H27ClFN3O4/c1-16(2)34-23-9-8-20(13-22(23)27)28-25-29-24(32)18(12-21(31)10-11-33-3)15-30(25)14-17-4-6-19(26)7-5-17/h4-9,13,15-16H,10-12,14H2,1-3H3,(H,28,29,32). The highest BCUT2D eigenvalue weighted by Crippen LogP contribution is 2.24. The van der Waals surface area contributed by atoms with Crippen LogP contribution >= 0.6 is 11.6 Å². The Morgan fingerprint density at radius 3 is 2.59 bits per heavy atom. The smallest absolute Gasteiger partial charge is 0.278 e. The Bertz CT molecular complexity index is 1200. The van der Waals surface area contributed by atoms with E-state index < -0.39 is 11.4 Å². The molecule has 0 unspecified atom stereocenters. The van der Waals surface area contributed by atoms with Gasteiger partial charge >= 0.3 is 0 Å². The van der Waals surface area contributed by atoms with Crippen LogP contribution in [-0.2, 0) is 22.5 Å². The van der Waals surface area contributed by atoms with Gasteiger partial charge in [-0.2, -0.15) is 4.98 Å². The van der Waals surface area contributed by atoms with Crippen molar-refractivity contribution in [3.05, 3.63) is 81.0 Å². The lowest BCUT2D eigenvalue weighted by Gasteiger charge is -2.17. The van der Waals surface area contributed by atoms with Crippen molar-refractivity contribution in [3.8, 4) is 5.75 Å². The molecule has 0 saturated carbocycles. The van der Waals surface area contributed by atoms with Crippen molar-refractivity contribution in [1.82, 2.24) is 9.55 Å². The van der Waals surface area contributed by atoms with Crippen molar-refractivity contribution in [2.45, 2.75) is 39.3 Å². The molecule has 0 aliphatic heterocycles. The molecule has 1 N–H and O–H groups in total. The van der Waals surface area contributed by atoms with E-state index in [0.29, 0.717) is 17.3 Å². The highest BCUT2D eigenvalue weighted by molar-refractivity contribution is 6.30. The molecule has 9 heteroatoms. The molecule has 34 heavy (non-hydrogen) atoms. The summed E-state index contributed by atoms with van der Waals surface area (Å²) in [7, 11) is 1.51. The van der Waals surface area contributed by atoms with Gasteiger partial charge in [0.15, 0.2) is 11.6 Å². The number of anilines is 2. The van der Waals surface area contributed by atoms with Crippen molar-refractivity contribution in [2.75, 3.05) is 19.0 Å². The molecule has 0 aliphatic carbocycles. The van der Waals surface area contributed by atoms with Crippen molar-refractivity contribution < 1.29 is 18.7 Å². The predicted molar refractivity (Wildman–Crippen MR) is 130 cm³/mol. The Morgan fingerprint density at radius 1 is 1.21 bits per heavy atom. The number of aromatic nitrogens is 2. The molecule has 1 aromatic heterocycles. The Labute approximate surface area is 202 Å². The summed E-state index contributed by atoms with van der Waals surface area (Å²) in [6, 6.07) is 11.7. The fourth-order valence-electron chi connectivity index (χ4n) is 3.24. The number of carbonyl (C=O) groups excluding carboxylic acids is 1. The third-order valence-corrected chi connectivity index (χ3v) is 5.11. The van der Waals surface area contributed by atoms with E-state index in [1.54, 1.807) is 29.0 Å². The second kappa shape index (κ2) is 11.8. The topological polar surface area (TPSA) is 82.4 Å². The fourth-order valence-corrected chi connectivity index (χ4v) is 3.36. The second-order valence-electron chi connectivity index (χ2n) is 8.04. The van der Waals surface area contributed by atoms with Crippen LogP contribution in [0.5, 0.6) is 5.75 Å². The highest BCUT2D eigenvalue weighted by Gasteiger charge is 2.14. The first kappa shape index (κ1) is 25.4. The third kappa shape index (κ3) is 7.13. The first-order chi connectivity index (χ1) is 16.2. The van der Waals surface area contributed by atoms with Crippen molar-refractivity contribution >= 4 is 29.0 Å². The van der Waals surface area contributed by atoms with E-state index >= 15 is 0 Å². The van der Waals surface area contributed by atoms with Crippen LogP contribution in [0.25, 0.3) is 0 Å². The van der Waals surface area contributed by atoms with Crippen LogP contribution in [0.4, 0.5) is 16.0 Å². The summed E-state index contributed by atoms with van der Waals surface area (Å²) in [4.78, 5) is 29.0. The third-order valence-electron chi connectivity index (χ3n) is 4.86. The minimum atomic E-state index is -0.536. The van der Waals surface area contributed by atoms with Crippen LogP contribution in [-0.4, -0.2) is 35.2 Å². The molecule has 7 nitrogen and oxygen atoms in total. The first-order valence-corrected chi connectivity index (χ1v) is 11.2. The minimum Gasteiger partial charge on any atom is -0.488 e. The van der Waals surface area contributed by atoms with Gasteiger partial charge in [0, 0.05) is 48.5 Å². The molecular formula is C25H27ClFN3O4. The van der Waals surface area contributed by atoms with Crippen molar-refractivity contribution in [2.24, 2.45) is 0 Å². The molecule has 0 radical (unpaired) electrons. The number of rotatable bonds is 11. The number of hydrogen-bond acceptors (Lipinski definition) is 6. The second-order valence-corrected chi connectivity index (χ2v) is 8.48. The largest absolute Gasteiger partial charge is 0.488 e. The van der Waals surface area contributed by atoms with E-state index in [0.717, 1.165) is 5.56 Å². The molecule has 1 heterocycles. The van der Waals surface area contributed by atoms with Crippen molar-refractivity contribution in [3.63, 3.8) is 0 Å². The molecule has 2 aromatic carbocycles. The molecular weight excluding hydrogens is 461 g/mol. The van der Waals surface area contributed by atoms with Gasteiger partial charge in [0.05, 0.1) is 19.3 Å². The summed E-state index contributed by atoms with van der Waals surface area (Å²) in [5.41, 5.74) is 1.05. The number of ketones is 1. The maximum atomic E-state index is 14.5. The van der Waals surface area contributed by atoms with Crippen LogP contribution in [0.2, 0.25) is 5.02 Å². The van der Waals surface area contributed by atoms with E-state index in [2.05, 4.69) is 10.3 Å². The van der Waals surface area contributed by atoms with Crippen molar-refractivity contribution in [1.29, 1.82) is 0 Å². The predicted octanol–water partition coefficient (Wildman–Crippen LogP) is 4.76. The van der Waals surface area contributed by atoms with Gasteiger partial charge in [0.25, 0.3) is 5.56 Å². The lowest BCUT2D eigenvalue weighted by atomic mass is 10.1. The maximum Gasteiger partial charge on any atom is 0.278 e. The van der Waals surface area contributed by atoms with Gasteiger partial charge in [-0.25, -0.2) is 4.39 Å². The van der Waals surface area contributed by atoms with Gasteiger partial charge in [0.2, 0.25) is 5.95 Å². The number of halogens is 2.